The van der Waals surface area contributed by atoms with E-state index in [0.717, 1.165) is 11.4 Å². The molecule has 112 valence electrons. The van der Waals surface area contributed by atoms with Gasteiger partial charge in [-0.15, -0.1) is 0 Å². The first-order chi connectivity index (χ1) is 10.3. The standard InChI is InChI=1S/C15H19N3O3/c1-2-20-13-3-5-14(6-4-13)21-15-9-12(17-11-18-15)10-16-7-8-19/h3-6,9,11,16,19H,2,7-8,10H2,1H3. The highest BCUT2D eigenvalue weighted by Gasteiger charge is 2.02. The van der Waals surface area contributed by atoms with Crippen LogP contribution in [0.5, 0.6) is 17.4 Å². The largest absolute Gasteiger partial charge is 0.494 e. The molecule has 0 atom stereocenters. The third-order valence-electron chi connectivity index (χ3n) is 2.65. The number of hydrogen-bond acceptors (Lipinski definition) is 6. The highest BCUT2D eigenvalue weighted by Crippen LogP contribution is 2.22. The smallest absolute Gasteiger partial charge is 0.222 e. The van der Waals surface area contributed by atoms with Crippen LogP contribution in [-0.4, -0.2) is 34.8 Å². The summed E-state index contributed by atoms with van der Waals surface area (Å²) >= 11 is 0. The maximum absolute atomic E-state index is 8.72. The third-order valence-corrected chi connectivity index (χ3v) is 2.65. The second-order valence-corrected chi connectivity index (χ2v) is 4.25. The van der Waals surface area contributed by atoms with E-state index in [1.165, 1.54) is 6.33 Å². The zero-order valence-electron chi connectivity index (χ0n) is 12.0. The van der Waals surface area contributed by atoms with Crippen molar-refractivity contribution in [3.63, 3.8) is 0 Å². The molecule has 2 rings (SSSR count). The summed E-state index contributed by atoms with van der Waals surface area (Å²) < 4.78 is 11.0. The fraction of sp³-hybridized carbons (Fsp3) is 0.333. The van der Waals surface area contributed by atoms with E-state index in [2.05, 4.69) is 15.3 Å². The highest BCUT2D eigenvalue weighted by molar-refractivity contribution is 5.33. The van der Waals surface area contributed by atoms with Crippen molar-refractivity contribution in [2.75, 3.05) is 19.8 Å². The number of benzene rings is 1. The molecule has 6 nitrogen and oxygen atoms in total. The Morgan fingerprint density at radius 3 is 2.62 bits per heavy atom. The van der Waals surface area contributed by atoms with Gasteiger partial charge in [0.05, 0.1) is 18.9 Å². The van der Waals surface area contributed by atoms with Crippen LogP contribution < -0.4 is 14.8 Å². The molecule has 2 N–H and O–H groups in total. The van der Waals surface area contributed by atoms with Gasteiger partial charge in [0, 0.05) is 19.2 Å². The first-order valence-corrected chi connectivity index (χ1v) is 6.85. The molecule has 21 heavy (non-hydrogen) atoms. The summed E-state index contributed by atoms with van der Waals surface area (Å²) in [6.07, 6.45) is 1.46. The van der Waals surface area contributed by atoms with Gasteiger partial charge in [-0.2, -0.15) is 0 Å². The predicted molar refractivity (Wildman–Crippen MR) is 78.5 cm³/mol. The van der Waals surface area contributed by atoms with E-state index in [1.54, 1.807) is 6.07 Å². The molecule has 1 aromatic carbocycles. The zero-order chi connectivity index (χ0) is 14.9. The van der Waals surface area contributed by atoms with E-state index in [-0.39, 0.29) is 6.61 Å². The minimum absolute atomic E-state index is 0.0978. The zero-order valence-corrected chi connectivity index (χ0v) is 12.0. The van der Waals surface area contributed by atoms with Crippen molar-refractivity contribution in [2.45, 2.75) is 13.5 Å². The van der Waals surface area contributed by atoms with E-state index in [1.807, 2.05) is 31.2 Å². The molecule has 0 bridgehead atoms. The van der Waals surface area contributed by atoms with Crippen LogP contribution in [0.15, 0.2) is 36.7 Å². The molecule has 0 saturated carbocycles. The molecule has 1 aromatic heterocycles. The topological polar surface area (TPSA) is 76.5 Å². The van der Waals surface area contributed by atoms with E-state index >= 15 is 0 Å². The van der Waals surface area contributed by atoms with Gasteiger partial charge in [-0.25, -0.2) is 9.97 Å². The summed E-state index contributed by atoms with van der Waals surface area (Å²) in [6, 6.07) is 9.13. The number of nitrogens with zero attached hydrogens (tertiary/aromatic N) is 2. The summed E-state index contributed by atoms with van der Waals surface area (Å²) in [7, 11) is 0. The highest BCUT2D eigenvalue weighted by atomic mass is 16.5. The van der Waals surface area contributed by atoms with Gasteiger partial charge in [0.1, 0.15) is 17.8 Å². The quantitative estimate of drug-likeness (QED) is 0.721. The van der Waals surface area contributed by atoms with Crippen molar-refractivity contribution < 1.29 is 14.6 Å². The van der Waals surface area contributed by atoms with E-state index < -0.39 is 0 Å². The predicted octanol–water partition coefficient (Wildman–Crippen LogP) is 1.75. The van der Waals surface area contributed by atoms with Gasteiger partial charge in [-0.05, 0) is 31.2 Å². The lowest BCUT2D eigenvalue weighted by molar-refractivity contribution is 0.291. The maximum atomic E-state index is 8.72. The Labute approximate surface area is 123 Å². The normalized spacial score (nSPS) is 10.4. The van der Waals surface area contributed by atoms with Crippen LogP contribution >= 0.6 is 0 Å². The van der Waals surface area contributed by atoms with Gasteiger partial charge in [-0.3, -0.25) is 0 Å². The third kappa shape index (κ3) is 5.02. The van der Waals surface area contributed by atoms with E-state index in [4.69, 9.17) is 14.6 Å². The molecule has 2 aromatic rings. The Morgan fingerprint density at radius 1 is 1.14 bits per heavy atom. The molecule has 0 aliphatic heterocycles. The molecule has 0 aliphatic carbocycles. The Morgan fingerprint density at radius 2 is 1.90 bits per heavy atom. The van der Waals surface area contributed by atoms with Crippen molar-refractivity contribution in [1.82, 2.24) is 15.3 Å². The minimum atomic E-state index is 0.0978. The van der Waals surface area contributed by atoms with Gasteiger partial charge < -0.3 is 19.9 Å². The molecular weight excluding hydrogens is 270 g/mol. The van der Waals surface area contributed by atoms with Crippen molar-refractivity contribution in [3.05, 3.63) is 42.4 Å². The second-order valence-electron chi connectivity index (χ2n) is 4.25. The summed E-state index contributed by atoms with van der Waals surface area (Å²) in [4.78, 5) is 8.22. The van der Waals surface area contributed by atoms with E-state index in [0.29, 0.717) is 31.3 Å². The van der Waals surface area contributed by atoms with Crippen LogP contribution in [-0.2, 0) is 6.54 Å². The molecule has 0 saturated heterocycles. The average molecular weight is 289 g/mol. The summed E-state index contributed by atoms with van der Waals surface area (Å²) in [6.45, 7) is 3.76. The summed E-state index contributed by atoms with van der Waals surface area (Å²) in [5, 5.41) is 11.8. The minimum Gasteiger partial charge on any atom is -0.494 e. The Kier molecular flexibility index (Phi) is 5.93. The van der Waals surface area contributed by atoms with Gasteiger partial charge in [0.15, 0.2) is 0 Å². The molecular formula is C15H19N3O3. The van der Waals surface area contributed by atoms with Crippen LogP contribution in [0.4, 0.5) is 0 Å². The van der Waals surface area contributed by atoms with E-state index in [9.17, 15) is 0 Å². The number of aliphatic hydroxyl groups excluding tert-OH is 1. The Bertz CT molecular complexity index is 546. The lowest BCUT2D eigenvalue weighted by Crippen LogP contribution is -2.18. The monoisotopic (exact) mass is 289 g/mol. The van der Waals surface area contributed by atoms with Gasteiger partial charge in [0.2, 0.25) is 5.88 Å². The van der Waals surface area contributed by atoms with Crippen molar-refractivity contribution in [1.29, 1.82) is 0 Å². The molecule has 0 spiro atoms. The average Bonchev–Trinajstić information content (AvgIpc) is 2.50. The number of nitrogens with one attached hydrogen (secondary N) is 1. The van der Waals surface area contributed by atoms with Crippen molar-refractivity contribution >= 4 is 0 Å². The van der Waals surface area contributed by atoms with Gasteiger partial charge in [0.25, 0.3) is 0 Å². The number of aromatic nitrogens is 2. The van der Waals surface area contributed by atoms with Gasteiger partial charge >= 0.3 is 0 Å². The fourth-order valence-corrected chi connectivity index (χ4v) is 1.72. The van der Waals surface area contributed by atoms with Crippen LogP contribution in [0, 0.1) is 0 Å². The summed E-state index contributed by atoms with van der Waals surface area (Å²) in [5.41, 5.74) is 0.805. The molecule has 6 heteroatoms. The number of ether oxygens (including phenoxy) is 2. The fourth-order valence-electron chi connectivity index (χ4n) is 1.72. The molecule has 0 unspecified atom stereocenters. The van der Waals surface area contributed by atoms with Gasteiger partial charge in [-0.1, -0.05) is 0 Å². The lowest BCUT2D eigenvalue weighted by Gasteiger charge is -2.08. The second kappa shape index (κ2) is 8.18. The Balaban J connectivity index is 1.96. The lowest BCUT2D eigenvalue weighted by atomic mass is 10.3. The SMILES string of the molecule is CCOc1ccc(Oc2cc(CNCCO)ncn2)cc1. The Hall–Kier alpha value is -2.18. The first-order valence-electron chi connectivity index (χ1n) is 6.85. The van der Waals surface area contributed by atoms with Crippen LogP contribution in [0.3, 0.4) is 0 Å². The number of aliphatic hydroxyl groups is 1. The molecule has 1 heterocycles. The number of rotatable bonds is 8. The van der Waals surface area contributed by atoms with Crippen LogP contribution in [0.1, 0.15) is 12.6 Å². The molecule has 0 aliphatic rings. The van der Waals surface area contributed by atoms with Crippen LogP contribution in [0.2, 0.25) is 0 Å². The molecule has 0 fully saturated rings. The molecule has 0 radical (unpaired) electrons. The number of hydrogen-bond donors (Lipinski definition) is 2. The molecule has 0 amide bonds. The summed E-state index contributed by atoms with van der Waals surface area (Å²) in [5.74, 6) is 1.97. The first kappa shape index (κ1) is 15.2. The van der Waals surface area contributed by atoms with Crippen LogP contribution in [0.25, 0.3) is 0 Å². The van der Waals surface area contributed by atoms with Crippen molar-refractivity contribution in [2.24, 2.45) is 0 Å². The maximum Gasteiger partial charge on any atom is 0.222 e. The van der Waals surface area contributed by atoms with Crippen molar-refractivity contribution in [3.8, 4) is 17.4 Å².